The van der Waals surface area contributed by atoms with Crippen molar-refractivity contribution in [2.24, 2.45) is 16.3 Å². The van der Waals surface area contributed by atoms with Gasteiger partial charge in [0.05, 0.1) is 0 Å². The number of piperidine rings is 1. The molecule has 0 aromatic rings. The van der Waals surface area contributed by atoms with E-state index in [1.54, 1.807) is 0 Å². The fraction of sp³-hybridized carbons (Fsp3) is 0.941. The minimum Gasteiger partial charge on any atom is -0.356 e. The summed E-state index contributed by atoms with van der Waals surface area (Å²) in [6, 6.07) is 0. The van der Waals surface area contributed by atoms with Crippen molar-refractivity contribution in [3.05, 3.63) is 0 Å². The van der Waals surface area contributed by atoms with E-state index in [0.717, 1.165) is 18.4 Å². The SMILES string of the molecule is CN=C(NCC1CCCN(C)C1)N1CCC2(CCCC2)C1.I. The minimum atomic E-state index is 0. The number of rotatable bonds is 2. The molecule has 1 atom stereocenters. The maximum atomic E-state index is 4.55. The number of likely N-dealkylation sites (tertiary alicyclic amines) is 2. The number of guanidine groups is 1. The molecule has 0 aromatic carbocycles. The van der Waals surface area contributed by atoms with Crippen molar-refractivity contribution in [2.75, 3.05) is 46.8 Å². The van der Waals surface area contributed by atoms with E-state index in [2.05, 4.69) is 27.2 Å². The van der Waals surface area contributed by atoms with E-state index in [1.807, 2.05) is 7.05 Å². The highest BCUT2D eigenvalue weighted by molar-refractivity contribution is 14.0. The lowest BCUT2D eigenvalue weighted by Crippen LogP contribution is -2.45. The second-order valence-corrected chi connectivity index (χ2v) is 7.58. The van der Waals surface area contributed by atoms with Crippen molar-refractivity contribution in [2.45, 2.75) is 44.9 Å². The van der Waals surface area contributed by atoms with Crippen LogP contribution < -0.4 is 5.32 Å². The lowest BCUT2D eigenvalue weighted by Gasteiger charge is -2.31. The van der Waals surface area contributed by atoms with Crippen LogP contribution in [0.3, 0.4) is 0 Å². The van der Waals surface area contributed by atoms with Gasteiger partial charge in [-0.2, -0.15) is 0 Å². The predicted octanol–water partition coefficient (Wildman–Crippen LogP) is 2.79. The van der Waals surface area contributed by atoms with E-state index in [-0.39, 0.29) is 24.0 Å². The Bertz CT molecular complexity index is 379. The van der Waals surface area contributed by atoms with Gasteiger partial charge in [0.2, 0.25) is 0 Å². The van der Waals surface area contributed by atoms with Crippen LogP contribution in [-0.4, -0.2) is 62.6 Å². The Hall–Kier alpha value is -0.0400. The van der Waals surface area contributed by atoms with Gasteiger partial charge in [0.1, 0.15) is 0 Å². The largest absolute Gasteiger partial charge is 0.356 e. The molecule has 1 spiro atoms. The first-order valence-corrected chi connectivity index (χ1v) is 8.85. The molecular weight excluding hydrogens is 387 g/mol. The standard InChI is InChI=1S/C17H32N4.HI/c1-18-16(19-12-15-6-5-10-20(2)13-15)21-11-9-17(14-21)7-3-4-8-17;/h15H,3-14H2,1-2H3,(H,18,19);1H. The molecule has 3 fully saturated rings. The molecule has 3 rings (SSSR count). The number of halogens is 1. The van der Waals surface area contributed by atoms with Crippen LogP contribution in [0.15, 0.2) is 4.99 Å². The van der Waals surface area contributed by atoms with Gasteiger partial charge in [0, 0.05) is 33.2 Å². The molecule has 2 aliphatic heterocycles. The summed E-state index contributed by atoms with van der Waals surface area (Å²) in [5.74, 6) is 1.93. The minimum absolute atomic E-state index is 0. The van der Waals surface area contributed by atoms with Gasteiger partial charge in [-0.1, -0.05) is 12.8 Å². The quantitative estimate of drug-likeness (QED) is 0.424. The highest BCUT2D eigenvalue weighted by atomic mass is 127. The summed E-state index contributed by atoms with van der Waals surface area (Å²) < 4.78 is 0. The normalized spacial score (nSPS) is 28.9. The second kappa shape index (κ2) is 8.18. The van der Waals surface area contributed by atoms with Crippen LogP contribution >= 0.6 is 24.0 Å². The van der Waals surface area contributed by atoms with Crippen LogP contribution in [0.1, 0.15) is 44.9 Å². The van der Waals surface area contributed by atoms with Gasteiger partial charge in [-0.15, -0.1) is 24.0 Å². The number of nitrogens with zero attached hydrogens (tertiary/aromatic N) is 3. The average Bonchev–Trinajstić information content (AvgIpc) is 3.11. The first kappa shape index (κ1) is 18.3. The van der Waals surface area contributed by atoms with Gasteiger partial charge >= 0.3 is 0 Å². The molecule has 3 aliphatic rings. The molecule has 2 saturated heterocycles. The molecule has 1 saturated carbocycles. The molecule has 1 unspecified atom stereocenters. The van der Waals surface area contributed by atoms with Crippen LogP contribution in [-0.2, 0) is 0 Å². The molecule has 4 nitrogen and oxygen atoms in total. The molecule has 22 heavy (non-hydrogen) atoms. The lowest BCUT2D eigenvalue weighted by atomic mass is 9.86. The van der Waals surface area contributed by atoms with Crippen LogP contribution in [0.5, 0.6) is 0 Å². The third-order valence-electron chi connectivity index (χ3n) is 5.88. The van der Waals surface area contributed by atoms with Crippen LogP contribution in [0, 0.1) is 11.3 Å². The van der Waals surface area contributed by atoms with Crippen molar-refractivity contribution >= 4 is 29.9 Å². The Morgan fingerprint density at radius 1 is 1.18 bits per heavy atom. The number of hydrogen-bond acceptors (Lipinski definition) is 2. The van der Waals surface area contributed by atoms with Crippen molar-refractivity contribution in [3.63, 3.8) is 0 Å². The zero-order valence-corrected chi connectivity index (χ0v) is 16.6. The van der Waals surface area contributed by atoms with Gasteiger partial charge in [-0.25, -0.2) is 0 Å². The summed E-state index contributed by atoms with van der Waals surface area (Å²) in [5.41, 5.74) is 0.628. The summed E-state index contributed by atoms with van der Waals surface area (Å²) in [6.07, 6.45) is 9.83. The predicted molar refractivity (Wildman–Crippen MR) is 104 cm³/mol. The Labute approximate surface area is 153 Å². The maximum absolute atomic E-state index is 4.55. The van der Waals surface area contributed by atoms with E-state index in [4.69, 9.17) is 0 Å². The number of aliphatic imine (C=N–C) groups is 1. The fourth-order valence-electron chi connectivity index (χ4n) is 4.66. The molecule has 0 amide bonds. The maximum Gasteiger partial charge on any atom is 0.193 e. The Morgan fingerprint density at radius 2 is 1.95 bits per heavy atom. The molecule has 1 N–H and O–H groups in total. The molecule has 0 aromatic heterocycles. The zero-order chi connectivity index (χ0) is 14.7. The second-order valence-electron chi connectivity index (χ2n) is 7.58. The molecule has 0 radical (unpaired) electrons. The molecular formula is C17H33IN4. The average molecular weight is 420 g/mol. The zero-order valence-electron chi connectivity index (χ0n) is 14.3. The van der Waals surface area contributed by atoms with Crippen LogP contribution in [0.4, 0.5) is 0 Å². The topological polar surface area (TPSA) is 30.9 Å². The Balaban J connectivity index is 0.00000176. The van der Waals surface area contributed by atoms with E-state index in [0.29, 0.717) is 5.41 Å². The van der Waals surface area contributed by atoms with Crippen molar-refractivity contribution in [1.29, 1.82) is 0 Å². The van der Waals surface area contributed by atoms with E-state index >= 15 is 0 Å². The fourth-order valence-corrected chi connectivity index (χ4v) is 4.66. The third-order valence-corrected chi connectivity index (χ3v) is 5.88. The first-order chi connectivity index (χ1) is 10.2. The van der Waals surface area contributed by atoms with Gasteiger partial charge < -0.3 is 15.1 Å². The van der Waals surface area contributed by atoms with Crippen molar-refractivity contribution < 1.29 is 0 Å². The highest BCUT2D eigenvalue weighted by Crippen LogP contribution is 2.45. The highest BCUT2D eigenvalue weighted by Gasteiger charge is 2.41. The summed E-state index contributed by atoms with van der Waals surface area (Å²) >= 11 is 0. The first-order valence-electron chi connectivity index (χ1n) is 8.85. The monoisotopic (exact) mass is 420 g/mol. The van der Waals surface area contributed by atoms with Gasteiger partial charge in [-0.3, -0.25) is 4.99 Å². The summed E-state index contributed by atoms with van der Waals surface area (Å²) in [5, 5.41) is 3.66. The molecule has 1 aliphatic carbocycles. The van der Waals surface area contributed by atoms with Crippen LogP contribution in [0.2, 0.25) is 0 Å². The van der Waals surface area contributed by atoms with Crippen LogP contribution in [0.25, 0.3) is 0 Å². The summed E-state index contributed by atoms with van der Waals surface area (Å²) in [4.78, 5) is 9.52. The van der Waals surface area contributed by atoms with Crippen molar-refractivity contribution in [1.82, 2.24) is 15.1 Å². The smallest absolute Gasteiger partial charge is 0.193 e. The number of nitrogens with one attached hydrogen (secondary N) is 1. The summed E-state index contributed by atoms with van der Waals surface area (Å²) in [6.45, 7) is 6.01. The van der Waals surface area contributed by atoms with E-state index in [9.17, 15) is 0 Å². The third kappa shape index (κ3) is 4.28. The van der Waals surface area contributed by atoms with Gasteiger partial charge in [-0.05, 0) is 57.0 Å². The molecule has 128 valence electrons. The molecule has 2 heterocycles. The summed E-state index contributed by atoms with van der Waals surface area (Å²) in [7, 11) is 4.18. The van der Waals surface area contributed by atoms with Crippen molar-refractivity contribution in [3.8, 4) is 0 Å². The van der Waals surface area contributed by atoms with E-state index in [1.165, 1.54) is 71.1 Å². The lowest BCUT2D eigenvalue weighted by molar-refractivity contribution is 0.209. The van der Waals surface area contributed by atoms with Gasteiger partial charge in [0.25, 0.3) is 0 Å². The number of hydrogen-bond donors (Lipinski definition) is 1. The molecule has 5 heteroatoms. The Kier molecular flexibility index (Phi) is 6.80. The van der Waals surface area contributed by atoms with E-state index < -0.39 is 0 Å². The Morgan fingerprint density at radius 3 is 2.64 bits per heavy atom. The molecule has 0 bridgehead atoms. The van der Waals surface area contributed by atoms with Gasteiger partial charge in [0.15, 0.2) is 5.96 Å².